The molecule has 0 aliphatic carbocycles. The fraction of sp³-hybridized carbons (Fsp3) is 0.167. The van der Waals surface area contributed by atoms with Crippen molar-refractivity contribution in [1.82, 2.24) is 4.98 Å². The van der Waals surface area contributed by atoms with Crippen LogP contribution >= 0.6 is 0 Å². The van der Waals surface area contributed by atoms with Gasteiger partial charge in [0.05, 0.1) is 5.52 Å². The summed E-state index contributed by atoms with van der Waals surface area (Å²) in [5.74, 6) is 0. The highest BCUT2D eigenvalue weighted by molar-refractivity contribution is 5.83. The van der Waals surface area contributed by atoms with Crippen LogP contribution in [-0.4, -0.2) is 4.98 Å². The van der Waals surface area contributed by atoms with Gasteiger partial charge in [0.15, 0.2) is 0 Å². The summed E-state index contributed by atoms with van der Waals surface area (Å²) in [4.78, 5) is 4.49. The normalized spacial score (nSPS) is 9.84. The van der Waals surface area contributed by atoms with Crippen LogP contribution in [0.2, 0.25) is 0 Å². The molecule has 1 heterocycles. The molecule has 0 aliphatic rings. The first-order chi connectivity index (χ1) is 9.33. The van der Waals surface area contributed by atoms with E-state index in [9.17, 15) is 0 Å². The first-order valence-electron chi connectivity index (χ1n) is 6.75. The molecular formula is C18H19N. The summed E-state index contributed by atoms with van der Waals surface area (Å²) in [5.41, 5.74) is 4.72. The van der Waals surface area contributed by atoms with Crippen LogP contribution in [0.1, 0.15) is 19.4 Å². The standard InChI is InChI=1S/C16H13N.C2H6/c1-12-5-4-7-13(9-12)15-10-14-6-2-3-8-16(14)17-11-15;1-2/h2-11H,1H3;1-2H3. The van der Waals surface area contributed by atoms with Crippen molar-refractivity contribution < 1.29 is 0 Å². The fourth-order valence-electron chi connectivity index (χ4n) is 2.05. The first kappa shape index (κ1) is 13.3. The summed E-state index contributed by atoms with van der Waals surface area (Å²) in [6, 6.07) is 18.9. The fourth-order valence-corrected chi connectivity index (χ4v) is 2.05. The number of hydrogen-bond donors (Lipinski definition) is 0. The van der Waals surface area contributed by atoms with Crippen LogP contribution in [-0.2, 0) is 0 Å². The van der Waals surface area contributed by atoms with Gasteiger partial charge in [0.1, 0.15) is 0 Å². The minimum atomic E-state index is 1.05. The maximum atomic E-state index is 4.49. The molecule has 3 aromatic rings. The smallest absolute Gasteiger partial charge is 0.0702 e. The highest BCUT2D eigenvalue weighted by Crippen LogP contribution is 2.23. The first-order valence-corrected chi connectivity index (χ1v) is 6.75. The number of aromatic nitrogens is 1. The van der Waals surface area contributed by atoms with E-state index in [1.54, 1.807) is 0 Å². The summed E-state index contributed by atoms with van der Waals surface area (Å²) >= 11 is 0. The molecule has 1 nitrogen and oxygen atoms in total. The monoisotopic (exact) mass is 249 g/mol. The van der Waals surface area contributed by atoms with Crippen molar-refractivity contribution in [2.45, 2.75) is 20.8 Å². The van der Waals surface area contributed by atoms with Gasteiger partial charge in [-0.25, -0.2) is 0 Å². The number of nitrogens with zero attached hydrogens (tertiary/aromatic N) is 1. The predicted molar refractivity (Wildman–Crippen MR) is 83.3 cm³/mol. The van der Waals surface area contributed by atoms with Crippen LogP contribution < -0.4 is 0 Å². The number of pyridine rings is 1. The molecule has 1 heteroatoms. The zero-order valence-electron chi connectivity index (χ0n) is 11.7. The Kier molecular flexibility index (Phi) is 4.30. The van der Waals surface area contributed by atoms with Crippen LogP contribution in [0.5, 0.6) is 0 Å². The van der Waals surface area contributed by atoms with Gasteiger partial charge in [0.25, 0.3) is 0 Å². The van der Waals surface area contributed by atoms with Crippen LogP contribution in [0, 0.1) is 6.92 Å². The van der Waals surface area contributed by atoms with E-state index in [1.165, 1.54) is 22.1 Å². The van der Waals surface area contributed by atoms with Gasteiger partial charge in [-0.2, -0.15) is 0 Å². The number of rotatable bonds is 1. The Morgan fingerprint density at radius 2 is 1.58 bits per heavy atom. The molecule has 0 atom stereocenters. The Hall–Kier alpha value is -2.15. The second-order valence-electron chi connectivity index (χ2n) is 4.29. The highest BCUT2D eigenvalue weighted by atomic mass is 14.6. The second-order valence-corrected chi connectivity index (χ2v) is 4.29. The molecule has 0 amide bonds. The molecule has 19 heavy (non-hydrogen) atoms. The van der Waals surface area contributed by atoms with Gasteiger partial charge in [0, 0.05) is 17.1 Å². The van der Waals surface area contributed by atoms with E-state index < -0.39 is 0 Å². The Balaban J connectivity index is 0.000000637. The molecule has 0 aliphatic heterocycles. The maximum absolute atomic E-state index is 4.49. The van der Waals surface area contributed by atoms with Gasteiger partial charge >= 0.3 is 0 Å². The van der Waals surface area contributed by atoms with Gasteiger partial charge in [-0.3, -0.25) is 4.98 Å². The van der Waals surface area contributed by atoms with E-state index in [1.807, 2.05) is 38.2 Å². The van der Waals surface area contributed by atoms with Gasteiger partial charge in [-0.15, -0.1) is 0 Å². The summed E-state index contributed by atoms with van der Waals surface area (Å²) < 4.78 is 0. The van der Waals surface area contributed by atoms with Crippen molar-refractivity contribution in [1.29, 1.82) is 0 Å². The van der Waals surface area contributed by atoms with Crippen LogP contribution in [0.4, 0.5) is 0 Å². The lowest BCUT2D eigenvalue weighted by molar-refractivity contribution is 1.40. The molecular weight excluding hydrogens is 230 g/mol. The zero-order chi connectivity index (χ0) is 13.7. The van der Waals surface area contributed by atoms with E-state index in [0.29, 0.717) is 0 Å². The molecule has 3 rings (SSSR count). The lowest BCUT2D eigenvalue weighted by Gasteiger charge is -2.04. The average Bonchev–Trinajstić information content (AvgIpc) is 2.49. The molecule has 0 saturated heterocycles. The van der Waals surface area contributed by atoms with Crippen LogP contribution in [0.25, 0.3) is 22.0 Å². The van der Waals surface area contributed by atoms with E-state index >= 15 is 0 Å². The topological polar surface area (TPSA) is 12.9 Å². The maximum Gasteiger partial charge on any atom is 0.0702 e. The highest BCUT2D eigenvalue weighted by Gasteiger charge is 2.00. The molecule has 1 aromatic heterocycles. The number of aryl methyl sites for hydroxylation is 1. The summed E-state index contributed by atoms with van der Waals surface area (Å²) in [6.07, 6.45) is 1.94. The number of fused-ring (bicyclic) bond motifs is 1. The van der Waals surface area contributed by atoms with Crippen molar-refractivity contribution >= 4 is 10.9 Å². The molecule has 0 spiro atoms. The third-order valence-electron chi connectivity index (χ3n) is 2.94. The van der Waals surface area contributed by atoms with Crippen molar-refractivity contribution in [3.8, 4) is 11.1 Å². The Morgan fingerprint density at radius 3 is 2.37 bits per heavy atom. The Bertz CT molecular complexity index is 671. The van der Waals surface area contributed by atoms with E-state index in [4.69, 9.17) is 0 Å². The quantitative estimate of drug-likeness (QED) is 0.575. The Labute approximate surface area is 114 Å². The second kappa shape index (κ2) is 6.14. The molecule has 0 saturated carbocycles. The van der Waals surface area contributed by atoms with E-state index in [-0.39, 0.29) is 0 Å². The summed E-state index contributed by atoms with van der Waals surface area (Å²) in [5, 5.41) is 1.19. The van der Waals surface area contributed by atoms with Crippen molar-refractivity contribution in [3.05, 3.63) is 66.4 Å². The number of hydrogen-bond acceptors (Lipinski definition) is 1. The number of para-hydroxylation sites is 1. The molecule has 0 radical (unpaired) electrons. The van der Waals surface area contributed by atoms with Crippen LogP contribution in [0.15, 0.2) is 60.8 Å². The van der Waals surface area contributed by atoms with Crippen molar-refractivity contribution in [3.63, 3.8) is 0 Å². The average molecular weight is 249 g/mol. The van der Waals surface area contributed by atoms with Gasteiger partial charge in [-0.1, -0.05) is 61.9 Å². The van der Waals surface area contributed by atoms with E-state index in [0.717, 1.165) is 5.52 Å². The van der Waals surface area contributed by atoms with Crippen molar-refractivity contribution in [2.75, 3.05) is 0 Å². The zero-order valence-corrected chi connectivity index (χ0v) is 11.7. The minimum absolute atomic E-state index is 1.05. The van der Waals surface area contributed by atoms with E-state index in [2.05, 4.69) is 48.3 Å². The third-order valence-corrected chi connectivity index (χ3v) is 2.94. The van der Waals surface area contributed by atoms with Gasteiger partial charge in [0.2, 0.25) is 0 Å². The molecule has 0 bridgehead atoms. The summed E-state index contributed by atoms with van der Waals surface area (Å²) in [6.45, 7) is 6.11. The SMILES string of the molecule is CC.Cc1cccc(-c2cnc3ccccc3c2)c1. The van der Waals surface area contributed by atoms with Crippen LogP contribution in [0.3, 0.4) is 0 Å². The van der Waals surface area contributed by atoms with Crippen molar-refractivity contribution in [2.24, 2.45) is 0 Å². The van der Waals surface area contributed by atoms with Gasteiger partial charge < -0.3 is 0 Å². The number of benzene rings is 2. The minimum Gasteiger partial charge on any atom is -0.256 e. The Morgan fingerprint density at radius 1 is 0.789 bits per heavy atom. The molecule has 2 aromatic carbocycles. The molecule has 96 valence electrons. The largest absolute Gasteiger partial charge is 0.256 e. The molecule has 0 fully saturated rings. The molecule has 0 unspecified atom stereocenters. The third kappa shape index (κ3) is 3.00. The predicted octanol–water partition coefficient (Wildman–Crippen LogP) is 5.24. The summed E-state index contributed by atoms with van der Waals surface area (Å²) in [7, 11) is 0. The lowest BCUT2D eigenvalue weighted by Crippen LogP contribution is -1.83. The molecule has 0 N–H and O–H groups in total. The van der Waals surface area contributed by atoms with Gasteiger partial charge in [-0.05, 0) is 24.6 Å². The lowest BCUT2D eigenvalue weighted by atomic mass is 10.0.